The van der Waals surface area contributed by atoms with Crippen molar-refractivity contribution in [2.45, 2.75) is 37.8 Å². The summed E-state index contributed by atoms with van der Waals surface area (Å²) in [5.41, 5.74) is 1.54. The number of benzene rings is 6. The van der Waals surface area contributed by atoms with Crippen molar-refractivity contribution < 1.29 is 9.59 Å². The van der Waals surface area contributed by atoms with E-state index in [4.69, 9.17) is 0 Å². The summed E-state index contributed by atoms with van der Waals surface area (Å²) < 4.78 is 0. The van der Waals surface area contributed by atoms with Gasteiger partial charge in [-0.3, -0.25) is 9.59 Å². The maximum Gasteiger partial charge on any atom is 0.177 e. The van der Waals surface area contributed by atoms with E-state index in [-0.39, 0.29) is 36.7 Å². The fraction of sp³-hybridized carbons (Fsp3) is 0.174. The predicted octanol–water partition coefficient (Wildman–Crippen LogP) is 6.76. The largest absolute Gasteiger partial charge is 0.305 e. The maximum absolute atomic E-state index is 14.0. The minimum absolute atomic E-state index is 0.0967. The molecule has 0 heterocycles. The smallest absolute Gasteiger partial charge is 0.177 e. The molecule has 2 N–H and O–H groups in total. The van der Waals surface area contributed by atoms with Crippen molar-refractivity contribution in [3.05, 3.63) is 181 Å². The summed E-state index contributed by atoms with van der Waals surface area (Å²) in [5.74, 6) is 0.193. The highest BCUT2D eigenvalue weighted by atomic mass is 31.1. The number of rotatable bonds is 14. The van der Waals surface area contributed by atoms with Gasteiger partial charge in [0.2, 0.25) is 0 Å². The highest BCUT2D eigenvalue weighted by Crippen LogP contribution is 2.35. The van der Waals surface area contributed by atoms with Crippen molar-refractivity contribution in [3.63, 3.8) is 0 Å². The van der Waals surface area contributed by atoms with E-state index in [1.54, 1.807) is 0 Å². The Hall–Kier alpha value is -4.56. The normalized spacial score (nSPS) is 15.8. The lowest BCUT2D eigenvalue weighted by atomic mass is 9.90. The second-order valence-corrected chi connectivity index (χ2v) is 17.5. The molecule has 0 bridgehead atoms. The lowest BCUT2D eigenvalue weighted by molar-refractivity contribution is 0.0962. The number of Topliss-reactive ketones (excluding diaryl/α,β-unsaturated/α-hetero) is 2. The monoisotopic (exact) mass is 718 g/mol. The van der Waals surface area contributed by atoms with Crippen molar-refractivity contribution in [3.8, 4) is 0 Å². The molecule has 260 valence electrons. The van der Waals surface area contributed by atoms with Crippen molar-refractivity contribution >= 4 is 59.2 Å². The van der Waals surface area contributed by atoms with Crippen LogP contribution >= 0.6 is 15.8 Å². The van der Waals surface area contributed by atoms with Gasteiger partial charge in [0.15, 0.2) is 11.6 Å². The van der Waals surface area contributed by atoms with Gasteiger partial charge in [0.1, 0.15) is 0 Å². The molecule has 2 atom stereocenters. The third kappa shape index (κ3) is 8.55. The molecular weight excluding hydrogens is 674 g/mol. The summed E-state index contributed by atoms with van der Waals surface area (Å²) >= 11 is 0. The minimum Gasteiger partial charge on any atom is -0.305 e. The number of ketones is 2. The van der Waals surface area contributed by atoms with Crippen LogP contribution in [0.25, 0.3) is 0 Å². The first-order valence-corrected chi connectivity index (χ1v) is 20.9. The van der Waals surface area contributed by atoms with Gasteiger partial charge in [0.05, 0.1) is 13.1 Å². The van der Waals surface area contributed by atoms with Gasteiger partial charge >= 0.3 is 0 Å². The van der Waals surface area contributed by atoms with Crippen LogP contribution in [0.2, 0.25) is 0 Å². The van der Waals surface area contributed by atoms with Crippen LogP contribution in [0.4, 0.5) is 0 Å². The zero-order valence-electron chi connectivity index (χ0n) is 29.3. The Labute approximate surface area is 310 Å². The van der Waals surface area contributed by atoms with Gasteiger partial charge in [-0.2, -0.15) is 0 Å². The first-order valence-electron chi connectivity index (χ1n) is 18.2. The summed E-state index contributed by atoms with van der Waals surface area (Å²) in [7, 11) is -1.81. The summed E-state index contributed by atoms with van der Waals surface area (Å²) in [6, 6.07) is 58.5. The average molecular weight is 719 g/mol. The Morgan fingerprint density at radius 2 is 0.712 bits per heavy atom. The van der Waals surface area contributed by atoms with E-state index in [9.17, 15) is 9.59 Å². The predicted molar refractivity (Wildman–Crippen MR) is 221 cm³/mol. The second-order valence-electron chi connectivity index (χ2n) is 13.2. The molecule has 1 fully saturated rings. The van der Waals surface area contributed by atoms with Gasteiger partial charge in [-0.25, -0.2) is 0 Å². The molecule has 7 rings (SSSR count). The van der Waals surface area contributed by atoms with E-state index in [1.165, 1.54) is 21.2 Å². The van der Waals surface area contributed by atoms with Gasteiger partial charge in [-0.1, -0.05) is 183 Å². The van der Waals surface area contributed by atoms with Crippen LogP contribution in [0.1, 0.15) is 46.4 Å². The zero-order valence-corrected chi connectivity index (χ0v) is 31.1. The molecule has 0 amide bonds. The first kappa shape index (κ1) is 35.8. The molecular formula is C46H44N2O2P2. The number of nitrogens with one attached hydrogen (secondary N) is 2. The standard InChI is InChI=1S/C46H44N2O2P2/c49-43(39-27-13-17-31-45(39)51(35-19-5-1-6-20-35)36-21-7-2-8-22-36)33-47-41-29-15-16-30-42(41)48-34-44(50)40-28-14-18-32-46(40)52(37-23-9-3-10-24-37)38-25-11-4-12-26-38/h1-14,17-28,31-32,41-42,47-48H,15-16,29-30,33-34H2/t41-,42-/m1/s1. The fourth-order valence-corrected chi connectivity index (χ4v) is 12.2. The first-order chi connectivity index (χ1) is 25.7. The number of hydrogen-bond acceptors (Lipinski definition) is 4. The molecule has 6 aromatic rings. The number of hydrogen-bond donors (Lipinski definition) is 2. The number of carbonyl (C=O) groups excluding carboxylic acids is 2. The molecule has 0 radical (unpaired) electrons. The Bertz CT molecular complexity index is 1830. The molecule has 0 aromatic heterocycles. The summed E-state index contributed by atoms with van der Waals surface area (Å²) in [5, 5.41) is 14.3. The molecule has 1 aliphatic carbocycles. The van der Waals surface area contributed by atoms with E-state index < -0.39 is 15.8 Å². The molecule has 0 saturated heterocycles. The van der Waals surface area contributed by atoms with Gasteiger partial charge in [0.25, 0.3) is 0 Å². The van der Waals surface area contributed by atoms with Crippen LogP contribution < -0.4 is 42.5 Å². The average Bonchev–Trinajstić information content (AvgIpc) is 3.21. The molecule has 52 heavy (non-hydrogen) atoms. The van der Waals surface area contributed by atoms with Crippen molar-refractivity contribution in [2.24, 2.45) is 0 Å². The summed E-state index contributed by atoms with van der Waals surface area (Å²) in [6.45, 7) is 0.504. The zero-order chi connectivity index (χ0) is 35.5. The van der Waals surface area contributed by atoms with Crippen molar-refractivity contribution in [2.75, 3.05) is 13.1 Å². The van der Waals surface area contributed by atoms with Gasteiger partial charge in [0, 0.05) is 23.2 Å². The highest BCUT2D eigenvalue weighted by Gasteiger charge is 2.28. The van der Waals surface area contributed by atoms with Crippen LogP contribution in [-0.4, -0.2) is 36.7 Å². The topological polar surface area (TPSA) is 58.2 Å². The Kier molecular flexibility index (Phi) is 12.2. The van der Waals surface area contributed by atoms with Gasteiger partial charge in [-0.15, -0.1) is 0 Å². The number of carbonyl (C=O) groups is 2. The minimum atomic E-state index is -0.903. The lowest BCUT2D eigenvalue weighted by Crippen LogP contribution is -2.52. The molecule has 1 aliphatic rings. The molecule has 4 nitrogen and oxygen atoms in total. The quantitative estimate of drug-likeness (QED) is 0.0967. The maximum atomic E-state index is 14.0. The van der Waals surface area contributed by atoms with Crippen LogP contribution in [0, 0.1) is 0 Å². The van der Waals surface area contributed by atoms with E-state index >= 15 is 0 Å². The van der Waals surface area contributed by atoms with Crippen LogP contribution in [0.5, 0.6) is 0 Å². The SMILES string of the molecule is O=C(CN[C@@H]1CCCC[C@H]1NCC(=O)c1ccccc1P(c1ccccc1)c1ccccc1)c1ccccc1P(c1ccccc1)c1ccccc1. The van der Waals surface area contributed by atoms with Crippen LogP contribution in [-0.2, 0) is 0 Å². The van der Waals surface area contributed by atoms with Crippen LogP contribution in [0.3, 0.4) is 0 Å². The molecule has 0 spiro atoms. The summed E-state index contributed by atoms with van der Waals surface area (Å²) in [6.07, 6.45) is 4.13. The fourth-order valence-electron chi connectivity index (χ4n) is 7.23. The van der Waals surface area contributed by atoms with Crippen molar-refractivity contribution in [1.29, 1.82) is 0 Å². The van der Waals surface area contributed by atoms with E-state index in [0.717, 1.165) is 47.4 Å². The molecule has 6 heteroatoms. The highest BCUT2D eigenvalue weighted by molar-refractivity contribution is 7.80. The Balaban J connectivity index is 1.06. The Morgan fingerprint density at radius 1 is 0.423 bits per heavy atom. The molecule has 1 saturated carbocycles. The van der Waals surface area contributed by atoms with E-state index in [0.29, 0.717) is 0 Å². The van der Waals surface area contributed by atoms with E-state index in [1.807, 2.05) is 60.7 Å². The van der Waals surface area contributed by atoms with E-state index in [2.05, 4.69) is 120 Å². The molecule has 0 aliphatic heterocycles. The third-order valence-corrected chi connectivity index (χ3v) is 14.8. The van der Waals surface area contributed by atoms with Gasteiger partial charge < -0.3 is 10.6 Å². The third-order valence-electron chi connectivity index (χ3n) is 9.76. The second kappa shape index (κ2) is 17.8. The molecule has 0 unspecified atom stereocenters. The van der Waals surface area contributed by atoms with Crippen LogP contribution in [0.15, 0.2) is 170 Å². The lowest BCUT2D eigenvalue weighted by Gasteiger charge is -2.33. The van der Waals surface area contributed by atoms with Gasteiger partial charge in [-0.05, 0) is 60.5 Å². The van der Waals surface area contributed by atoms with Crippen molar-refractivity contribution in [1.82, 2.24) is 10.6 Å². The Morgan fingerprint density at radius 3 is 1.04 bits per heavy atom. The summed E-state index contributed by atoms with van der Waals surface area (Å²) in [4.78, 5) is 28.1. The molecule has 6 aromatic carbocycles.